The summed E-state index contributed by atoms with van der Waals surface area (Å²) in [5.41, 5.74) is 0. The minimum atomic E-state index is -2.01. The van der Waals surface area contributed by atoms with Gasteiger partial charge in [-0.3, -0.25) is 14.5 Å². The average Bonchev–Trinajstić information content (AvgIpc) is 3.16. The van der Waals surface area contributed by atoms with Crippen molar-refractivity contribution in [3.8, 4) is 0 Å². The first-order valence-corrected chi connectivity index (χ1v) is 23.7. The number of unbranched alkanes of at least 4 members (excludes halogenated alkanes) is 30. The van der Waals surface area contributed by atoms with Crippen molar-refractivity contribution in [2.75, 3.05) is 6.61 Å². The Morgan fingerprint density at radius 3 is 0.926 bits per heavy atom. The zero-order chi connectivity index (χ0) is 39.8. The Balaban J connectivity index is 4.06. The minimum Gasteiger partial charge on any atom is -0.479 e. The maximum atomic E-state index is 13.2. The Bertz CT molecular complexity index is 877. The van der Waals surface area contributed by atoms with Gasteiger partial charge in [0.1, 0.15) is 0 Å². The van der Waals surface area contributed by atoms with Crippen LogP contribution in [0.4, 0.5) is 0 Å². The number of imide groups is 1. The molecule has 316 valence electrons. The van der Waals surface area contributed by atoms with E-state index in [2.05, 4.69) is 47.4 Å². The van der Waals surface area contributed by atoms with Gasteiger partial charge in [0.15, 0.2) is 5.28 Å². The molecule has 2 unspecified atom stereocenters. The molecule has 0 aliphatic rings. The summed E-state index contributed by atoms with van der Waals surface area (Å²) >= 11 is 0. The van der Waals surface area contributed by atoms with Gasteiger partial charge in [-0.1, -0.05) is 201 Å². The number of nitrogens with zero attached hydrogens (tertiary/aromatic N) is 1. The second-order valence-corrected chi connectivity index (χ2v) is 17.0. The number of amides is 2. The first-order chi connectivity index (χ1) is 26.3. The molecule has 0 heterocycles. The van der Waals surface area contributed by atoms with Gasteiger partial charge < -0.3 is 10.2 Å². The first-order valence-electron chi connectivity index (χ1n) is 23.1. The number of carbonyl (C=O) groups excluding carboxylic acids is 2. The van der Waals surface area contributed by atoms with Crippen molar-refractivity contribution >= 4 is 27.0 Å². The lowest BCUT2D eigenvalue weighted by Crippen LogP contribution is -2.57. The molecule has 2 N–H and O–H groups in total. The highest BCUT2D eigenvalue weighted by atomic mass is 31.0. The summed E-state index contributed by atoms with van der Waals surface area (Å²) in [5.74, 6) is -2.38. The largest absolute Gasteiger partial charge is 0.479 e. The smallest absolute Gasteiger partial charge is 0.336 e. The third-order valence-electron chi connectivity index (χ3n) is 10.8. The van der Waals surface area contributed by atoms with Crippen LogP contribution in [0, 0.1) is 0 Å². The monoisotopic (exact) mass is 778 g/mol. The summed E-state index contributed by atoms with van der Waals surface area (Å²) in [7, 11) is 2.06. The summed E-state index contributed by atoms with van der Waals surface area (Å²) in [6.45, 7) is 3.70. The summed E-state index contributed by atoms with van der Waals surface area (Å²) in [6.07, 6.45) is 50.7. The predicted molar refractivity (Wildman–Crippen MR) is 235 cm³/mol. The van der Waals surface area contributed by atoms with E-state index in [4.69, 9.17) is 0 Å². The normalized spacial score (nSPS) is 12.9. The fraction of sp³-hybridized carbons (Fsp3) is 0.851. The van der Waals surface area contributed by atoms with E-state index >= 15 is 0 Å². The molecule has 0 bridgehead atoms. The number of allylic oxidation sites excluding steroid dienone is 4. The molecule has 0 radical (unpaired) electrons. The topological polar surface area (TPSA) is 94.9 Å². The Labute approximate surface area is 336 Å². The van der Waals surface area contributed by atoms with E-state index in [0.29, 0.717) is 12.8 Å². The molecular weight excluding hydrogens is 689 g/mol. The van der Waals surface area contributed by atoms with Gasteiger partial charge in [0.05, 0.1) is 6.61 Å². The number of rotatable bonds is 41. The molecular formula is C47H88NO5P. The SMILES string of the molecule is CCCCCCCC/C=C\CCCCCCCCCCCC(=O)N(C(=O)CCCCCCCCCCC/C=C\CCCCCCCC)C(P)(CO)C(=O)O. The summed E-state index contributed by atoms with van der Waals surface area (Å²) in [6, 6.07) is 0. The van der Waals surface area contributed by atoms with Crippen molar-refractivity contribution in [2.24, 2.45) is 0 Å². The van der Waals surface area contributed by atoms with Gasteiger partial charge >= 0.3 is 5.97 Å². The molecule has 54 heavy (non-hydrogen) atoms. The molecule has 2 atom stereocenters. The highest BCUT2D eigenvalue weighted by Crippen LogP contribution is 2.27. The van der Waals surface area contributed by atoms with Crippen molar-refractivity contribution < 1.29 is 24.6 Å². The predicted octanol–water partition coefficient (Wildman–Crippen LogP) is 14.2. The summed E-state index contributed by atoms with van der Waals surface area (Å²) in [4.78, 5) is 39.3. The van der Waals surface area contributed by atoms with Crippen molar-refractivity contribution in [2.45, 2.75) is 250 Å². The van der Waals surface area contributed by atoms with E-state index in [-0.39, 0.29) is 12.8 Å². The first kappa shape index (κ1) is 52.5. The number of hydrogen-bond acceptors (Lipinski definition) is 4. The fourth-order valence-electron chi connectivity index (χ4n) is 7.15. The van der Waals surface area contributed by atoms with Crippen molar-refractivity contribution in [3.05, 3.63) is 24.3 Å². The van der Waals surface area contributed by atoms with E-state index in [1.165, 1.54) is 167 Å². The van der Waals surface area contributed by atoms with E-state index < -0.39 is 29.7 Å². The van der Waals surface area contributed by atoms with Crippen LogP contribution in [-0.2, 0) is 14.4 Å². The zero-order valence-electron chi connectivity index (χ0n) is 35.6. The quantitative estimate of drug-likeness (QED) is 0.0366. The minimum absolute atomic E-state index is 0.122. The van der Waals surface area contributed by atoms with Gasteiger partial charge in [-0.2, -0.15) is 0 Å². The third-order valence-corrected chi connectivity index (χ3v) is 11.5. The molecule has 0 aromatic heterocycles. The third kappa shape index (κ3) is 30.7. The van der Waals surface area contributed by atoms with E-state index in [1.807, 2.05) is 0 Å². The van der Waals surface area contributed by atoms with Crippen molar-refractivity contribution in [3.63, 3.8) is 0 Å². The van der Waals surface area contributed by atoms with Crippen molar-refractivity contribution in [1.82, 2.24) is 4.90 Å². The van der Waals surface area contributed by atoms with Crippen LogP contribution in [0.25, 0.3) is 0 Å². The number of aliphatic hydroxyl groups excluding tert-OH is 1. The summed E-state index contributed by atoms with van der Waals surface area (Å²) in [5, 5.41) is 17.8. The van der Waals surface area contributed by atoms with E-state index in [0.717, 1.165) is 43.4 Å². The van der Waals surface area contributed by atoms with E-state index in [1.54, 1.807) is 0 Å². The molecule has 0 aromatic carbocycles. The molecule has 0 fully saturated rings. The Hall–Kier alpha value is -1.52. The van der Waals surface area contributed by atoms with Crippen LogP contribution in [-0.4, -0.2) is 44.8 Å². The summed E-state index contributed by atoms with van der Waals surface area (Å²) < 4.78 is 0. The second kappa shape index (κ2) is 39.7. The zero-order valence-corrected chi connectivity index (χ0v) is 36.8. The Kier molecular flexibility index (Phi) is 38.6. The Morgan fingerprint density at radius 2 is 0.685 bits per heavy atom. The van der Waals surface area contributed by atoms with Crippen LogP contribution in [0.1, 0.15) is 245 Å². The van der Waals surface area contributed by atoms with Crippen molar-refractivity contribution in [1.29, 1.82) is 0 Å². The van der Waals surface area contributed by atoms with Crippen LogP contribution in [0.15, 0.2) is 24.3 Å². The number of carboxylic acids is 1. The van der Waals surface area contributed by atoms with E-state index in [9.17, 15) is 24.6 Å². The average molecular weight is 778 g/mol. The van der Waals surface area contributed by atoms with Crippen LogP contribution < -0.4 is 0 Å². The van der Waals surface area contributed by atoms with Gasteiger partial charge in [-0.05, 0) is 64.2 Å². The molecule has 0 aliphatic heterocycles. The second-order valence-electron chi connectivity index (χ2n) is 16.0. The van der Waals surface area contributed by atoms with Crippen LogP contribution in [0.3, 0.4) is 0 Å². The molecule has 0 aliphatic carbocycles. The lowest BCUT2D eigenvalue weighted by Gasteiger charge is -2.35. The lowest BCUT2D eigenvalue weighted by molar-refractivity contribution is -0.162. The molecule has 2 amide bonds. The maximum absolute atomic E-state index is 13.2. The van der Waals surface area contributed by atoms with Crippen LogP contribution >= 0.6 is 9.24 Å². The van der Waals surface area contributed by atoms with Gasteiger partial charge in [-0.25, -0.2) is 4.79 Å². The van der Waals surface area contributed by atoms with Crippen LogP contribution in [0.2, 0.25) is 0 Å². The standard InChI is InChI=1S/C47H88NO5P/c1-3-5-7-9-11-13-15-17-19-21-23-25-27-29-31-33-35-37-39-41-44(50)48(47(54,43-49)46(52)53)45(51)42-40-38-36-34-32-30-28-26-24-22-20-18-16-14-12-10-8-6-4-2/h17-20,49H,3-16,21-43,54H2,1-2H3,(H,52,53)/b19-17-,20-18-. The Morgan fingerprint density at radius 1 is 0.444 bits per heavy atom. The number of aliphatic carboxylic acids is 1. The highest BCUT2D eigenvalue weighted by Gasteiger charge is 2.45. The van der Waals surface area contributed by atoms with Gasteiger partial charge in [0.25, 0.3) is 0 Å². The number of hydrogen-bond donors (Lipinski definition) is 2. The van der Waals surface area contributed by atoms with Gasteiger partial charge in [0.2, 0.25) is 11.8 Å². The molecule has 6 nitrogen and oxygen atoms in total. The number of carboxylic acid groups (broad SMARTS) is 1. The fourth-order valence-corrected chi connectivity index (χ4v) is 7.44. The molecule has 0 saturated heterocycles. The number of carbonyl (C=O) groups is 3. The number of aliphatic hydroxyl groups is 1. The molecule has 0 rings (SSSR count). The molecule has 0 aromatic rings. The molecule has 0 spiro atoms. The lowest BCUT2D eigenvalue weighted by atomic mass is 10.0. The molecule has 0 saturated carbocycles. The van der Waals surface area contributed by atoms with Crippen LogP contribution in [0.5, 0.6) is 0 Å². The molecule has 7 heteroatoms. The van der Waals surface area contributed by atoms with Gasteiger partial charge in [-0.15, -0.1) is 0 Å². The van der Waals surface area contributed by atoms with Gasteiger partial charge in [0, 0.05) is 12.8 Å². The highest BCUT2D eigenvalue weighted by molar-refractivity contribution is 7.21. The maximum Gasteiger partial charge on any atom is 0.336 e.